The zero-order chi connectivity index (χ0) is 16.4. The molecule has 1 aliphatic heterocycles. The molecule has 0 bridgehead atoms. The number of aromatic nitrogens is 3. The minimum Gasteiger partial charge on any atom is -0.451 e. The summed E-state index contributed by atoms with van der Waals surface area (Å²) in [6.07, 6.45) is 6.33. The van der Waals surface area contributed by atoms with E-state index in [9.17, 15) is 4.79 Å². The molecule has 0 unspecified atom stereocenters. The Morgan fingerprint density at radius 1 is 1.08 bits per heavy atom. The maximum Gasteiger partial charge on any atom is 0.267 e. The molecule has 2 aromatic rings. The number of hydrogen-bond acceptors (Lipinski definition) is 6. The van der Waals surface area contributed by atoms with E-state index >= 15 is 0 Å². The summed E-state index contributed by atoms with van der Waals surface area (Å²) in [5, 5.41) is 4.55. The molecule has 1 saturated heterocycles. The average molecular weight is 329 g/mol. The van der Waals surface area contributed by atoms with Crippen molar-refractivity contribution in [3.8, 4) is 0 Å². The third kappa shape index (κ3) is 3.42. The van der Waals surface area contributed by atoms with Crippen LogP contribution >= 0.6 is 0 Å². The van der Waals surface area contributed by atoms with Crippen LogP contribution in [0, 0.1) is 0 Å². The molecule has 7 heteroatoms. The van der Waals surface area contributed by atoms with Crippen molar-refractivity contribution in [3.05, 3.63) is 46.0 Å². The highest BCUT2D eigenvalue weighted by molar-refractivity contribution is 5.22. The number of fused-ring (bicyclic) bond motifs is 1. The molecule has 0 atom stereocenters. The molecule has 128 valence electrons. The van der Waals surface area contributed by atoms with Gasteiger partial charge >= 0.3 is 0 Å². The van der Waals surface area contributed by atoms with Crippen molar-refractivity contribution in [1.29, 1.82) is 0 Å². The SMILES string of the molecule is O=c1cc2c(nn1CCN1CCN(Cc3cocn3)CC1)CCC2. The van der Waals surface area contributed by atoms with Crippen LogP contribution in [0.2, 0.25) is 0 Å². The lowest BCUT2D eigenvalue weighted by molar-refractivity contribution is 0.121. The van der Waals surface area contributed by atoms with Gasteiger partial charge in [0.25, 0.3) is 5.56 Å². The fourth-order valence-electron chi connectivity index (χ4n) is 3.55. The van der Waals surface area contributed by atoms with Crippen LogP contribution in [0.1, 0.15) is 23.4 Å². The molecule has 1 aliphatic carbocycles. The summed E-state index contributed by atoms with van der Waals surface area (Å²) in [6, 6.07) is 1.78. The molecule has 0 aromatic carbocycles. The summed E-state index contributed by atoms with van der Waals surface area (Å²) in [5.74, 6) is 0. The summed E-state index contributed by atoms with van der Waals surface area (Å²) < 4.78 is 6.66. The van der Waals surface area contributed by atoms with Crippen LogP contribution < -0.4 is 5.56 Å². The molecular formula is C17H23N5O2. The van der Waals surface area contributed by atoms with E-state index in [1.165, 1.54) is 6.39 Å². The van der Waals surface area contributed by atoms with Gasteiger partial charge in [-0.25, -0.2) is 9.67 Å². The lowest BCUT2D eigenvalue weighted by Gasteiger charge is -2.34. The maximum absolute atomic E-state index is 12.1. The van der Waals surface area contributed by atoms with Crippen molar-refractivity contribution in [1.82, 2.24) is 24.6 Å². The maximum atomic E-state index is 12.1. The molecule has 0 amide bonds. The Morgan fingerprint density at radius 3 is 2.71 bits per heavy atom. The lowest BCUT2D eigenvalue weighted by atomic mass is 10.2. The van der Waals surface area contributed by atoms with E-state index in [1.807, 2.05) is 0 Å². The quantitative estimate of drug-likeness (QED) is 0.797. The van der Waals surface area contributed by atoms with E-state index in [0.29, 0.717) is 6.54 Å². The number of rotatable bonds is 5. The topological polar surface area (TPSA) is 67.4 Å². The lowest BCUT2D eigenvalue weighted by Crippen LogP contribution is -2.47. The first kappa shape index (κ1) is 15.5. The molecule has 0 N–H and O–H groups in total. The molecule has 2 aromatic heterocycles. The Morgan fingerprint density at radius 2 is 1.92 bits per heavy atom. The van der Waals surface area contributed by atoms with E-state index < -0.39 is 0 Å². The van der Waals surface area contributed by atoms with Crippen LogP contribution in [0.4, 0.5) is 0 Å². The van der Waals surface area contributed by atoms with Crippen molar-refractivity contribution in [2.45, 2.75) is 32.4 Å². The van der Waals surface area contributed by atoms with E-state index in [1.54, 1.807) is 17.0 Å². The van der Waals surface area contributed by atoms with E-state index in [4.69, 9.17) is 4.42 Å². The summed E-state index contributed by atoms with van der Waals surface area (Å²) in [5.41, 5.74) is 3.29. The normalized spacial score (nSPS) is 18.8. The zero-order valence-corrected chi connectivity index (χ0v) is 13.9. The number of aryl methyl sites for hydroxylation is 2. The van der Waals surface area contributed by atoms with Crippen LogP contribution in [0.25, 0.3) is 0 Å². The molecule has 1 fully saturated rings. The second kappa shape index (κ2) is 6.86. The van der Waals surface area contributed by atoms with Crippen molar-refractivity contribution >= 4 is 0 Å². The van der Waals surface area contributed by atoms with Gasteiger partial charge in [-0.15, -0.1) is 0 Å². The highest BCUT2D eigenvalue weighted by Gasteiger charge is 2.19. The Balaban J connectivity index is 1.28. The van der Waals surface area contributed by atoms with Crippen molar-refractivity contribution in [2.24, 2.45) is 0 Å². The van der Waals surface area contributed by atoms with Gasteiger partial charge in [0, 0.05) is 45.3 Å². The number of oxazole rings is 1. The van der Waals surface area contributed by atoms with Gasteiger partial charge in [-0.2, -0.15) is 5.10 Å². The fourth-order valence-corrected chi connectivity index (χ4v) is 3.55. The Bertz CT molecular complexity index is 732. The fraction of sp³-hybridized carbons (Fsp3) is 0.588. The van der Waals surface area contributed by atoms with Gasteiger partial charge in [0.15, 0.2) is 6.39 Å². The number of nitrogens with zero attached hydrogens (tertiary/aromatic N) is 5. The second-order valence-electron chi connectivity index (χ2n) is 6.63. The molecule has 3 heterocycles. The molecule has 0 saturated carbocycles. The Kier molecular flexibility index (Phi) is 4.44. The molecule has 2 aliphatic rings. The highest BCUT2D eigenvalue weighted by atomic mass is 16.3. The van der Waals surface area contributed by atoms with Crippen molar-refractivity contribution < 1.29 is 4.42 Å². The standard InChI is InChI=1S/C17H23N5O2/c23-17-10-14-2-1-3-16(14)19-22(17)9-8-20-4-6-21(7-5-20)11-15-12-24-13-18-15/h10,12-13H,1-9,11H2. The smallest absolute Gasteiger partial charge is 0.267 e. The van der Waals surface area contributed by atoms with Crippen molar-refractivity contribution in [2.75, 3.05) is 32.7 Å². The summed E-state index contributed by atoms with van der Waals surface area (Å²) in [7, 11) is 0. The van der Waals surface area contributed by atoms with Crippen LogP contribution in [-0.2, 0) is 25.9 Å². The third-order valence-electron chi connectivity index (χ3n) is 4.99. The van der Waals surface area contributed by atoms with Gasteiger partial charge < -0.3 is 4.42 Å². The van der Waals surface area contributed by atoms with Crippen LogP contribution in [0.15, 0.2) is 27.9 Å². The monoisotopic (exact) mass is 329 g/mol. The third-order valence-corrected chi connectivity index (χ3v) is 4.99. The zero-order valence-electron chi connectivity index (χ0n) is 13.9. The minimum absolute atomic E-state index is 0.0420. The molecule has 7 nitrogen and oxygen atoms in total. The first-order chi connectivity index (χ1) is 11.8. The Labute approximate surface area is 140 Å². The number of piperazine rings is 1. The van der Waals surface area contributed by atoms with Crippen LogP contribution in [0.5, 0.6) is 0 Å². The second-order valence-corrected chi connectivity index (χ2v) is 6.63. The van der Waals surface area contributed by atoms with Gasteiger partial charge in [0.05, 0.1) is 17.9 Å². The molecule has 24 heavy (non-hydrogen) atoms. The molecule has 0 radical (unpaired) electrons. The predicted molar refractivity (Wildman–Crippen MR) is 88.7 cm³/mol. The summed E-state index contributed by atoms with van der Waals surface area (Å²) in [4.78, 5) is 21.1. The average Bonchev–Trinajstić information content (AvgIpc) is 3.25. The van der Waals surface area contributed by atoms with E-state index in [2.05, 4.69) is 19.9 Å². The van der Waals surface area contributed by atoms with Crippen molar-refractivity contribution in [3.63, 3.8) is 0 Å². The van der Waals surface area contributed by atoms with Gasteiger partial charge in [0.2, 0.25) is 0 Å². The minimum atomic E-state index is 0.0420. The van der Waals surface area contributed by atoms with Gasteiger partial charge in [-0.3, -0.25) is 14.6 Å². The van der Waals surface area contributed by atoms with Gasteiger partial charge in [0.1, 0.15) is 6.26 Å². The number of hydrogen-bond donors (Lipinski definition) is 0. The van der Waals surface area contributed by atoms with Gasteiger partial charge in [-0.1, -0.05) is 0 Å². The highest BCUT2D eigenvalue weighted by Crippen LogP contribution is 2.17. The van der Waals surface area contributed by atoms with Gasteiger partial charge in [-0.05, 0) is 24.8 Å². The summed E-state index contributed by atoms with van der Waals surface area (Å²) in [6.45, 7) is 6.45. The van der Waals surface area contributed by atoms with Crippen LogP contribution in [-0.4, -0.2) is 57.3 Å². The first-order valence-electron chi connectivity index (χ1n) is 8.69. The van der Waals surface area contributed by atoms with E-state index in [-0.39, 0.29) is 5.56 Å². The van der Waals surface area contributed by atoms with Crippen LogP contribution in [0.3, 0.4) is 0 Å². The first-order valence-corrected chi connectivity index (χ1v) is 8.69. The Hall–Kier alpha value is -1.99. The molecule has 0 spiro atoms. The molecule has 4 rings (SSSR count). The van der Waals surface area contributed by atoms with E-state index in [0.717, 1.165) is 75.5 Å². The summed E-state index contributed by atoms with van der Waals surface area (Å²) >= 11 is 0. The largest absolute Gasteiger partial charge is 0.451 e. The molecular weight excluding hydrogens is 306 g/mol. The predicted octanol–water partition coefficient (Wildman–Crippen LogP) is 0.538.